The van der Waals surface area contributed by atoms with Gasteiger partial charge in [-0.2, -0.15) is 5.10 Å². The quantitative estimate of drug-likeness (QED) is 0.919. The van der Waals surface area contributed by atoms with E-state index in [9.17, 15) is 4.79 Å². The van der Waals surface area contributed by atoms with Gasteiger partial charge in [-0.05, 0) is 34.8 Å². The zero-order valence-corrected chi connectivity index (χ0v) is 10.9. The Balaban J connectivity index is 2.14. The van der Waals surface area contributed by atoms with Crippen molar-refractivity contribution in [2.45, 2.75) is 18.8 Å². The zero-order valence-electron chi connectivity index (χ0n) is 9.27. The highest BCUT2D eigenvalue weighted by Crippen LogP contribution is 2.41. The molecular formula is C11H11BrN4O. The summed E-state index contributed by atoms with van der Waals surface area (Å²) in [6.07, 6.45) is 4.04. The number of aromatic amines is 1. The Morgan fingerprint density at radius 3 is 2.88 bits per heavy atom. The van der Waals surface area contributed by atoms with Gasteiger partial charge >= 0.3 is 0 Å². The van der Waals surface area contributed by atoms with Crippen molar-refractivity contribution >= 4 is 15.9 Å². The Morgan fingerprint density at radius 1 is 1.53 bits per heavy atom. The van der Waals surface area contributed by atoms with Crippen LogP contribution in [-0.4, -0.2) is 19.7 Å². The van der Waals surface area contributed by atoms with Crippen LogP contribution in [0.1, 0.15) is 24.5 Å². The van der Waals surface area contributed by atoms with Gasteiger partial charge in [-0.1, -0.05) is 0 Å². The lowest BCUT2D eigenvalue weighted by Crippen LogP contribution is -2.13. The fraction of sp³-hybridized carbons (Fsp3) is 0.364. The smallest absolute Gasteiger partial charge is 0.265 e. The van der Waals surface area contributed by atoms with E-state index in [-0.39, 0.29) is 5.56 Å². The molecule has 0 amide bonds. The van der Waals surface area contributed by atoms with Crippen molar-refractivity contribution in [3.05, 3.63) is 32.8 Å². The number of halogens is 1. The van der Waals surface area contributed by atoms with E-state index in [1.165, 1.54) is 0 Å². The molecule has 88 valence electrons. The summed E-state index contributed by atoms with van der Waals surface area (Å²) < 4.78 is 2.24. The molecule has 17 heavy (non-hydrogen) atoms. The van der Waals surface area contributed by atoms with E-state index in [0.29, 0.717) is 21.9 Å². The molecule has 1 aliphatic rings. The average molecular weight is 295 g/mol. The predicted octanol–water partition coefficient (Wildman–Crippen LogP) is 1.81. The third-order valence-corrected chi connectivity index (χ3v) is 3.58. The Morgan fingerprint density at radius 2 is 2.29 bits per heavy atom. The molecule has 0 radical (unpaired) electrons. The Hall–Kier alpha value is -1.43. The van der Waals surface area contributed by atoms with Gasteiger partial charge in [0.25, 0.3) is 5.56 Å². The molecule has 0 saturated heterocycles. The largest absolute Gasteiger partial charge is 0.304 e. The summed E-state index contributed by atoms with van der Waals surface area (Å²) in [5, 5.41) is 4.24. The number of hydrogen-bond donors (Lipinski definition) is 1. The second-order valence-electron chi connectivity index (χ2n) is 4.26. The molecule has 0 spiro atoms. The second-order valence-corrected chi connectivity index (χ2v) is 5.06. The van der Waals surface area contributed by atoms with Crippen molar-refractivity contribution in [3.63, 3.8) is 0 Å². The first kappa shape index (κ1) is 10.7. The first-order valence-corrected chi connectivity index (χ1v) is 6.24. The predicted molar refractivity (Wildman–Crippen MR) is 66.7 cm³/mol. The molecule has 0 unspecified atom stereocenters. The van der Waals surface area contributed by atoms with Crippen LogP contribution in [0.25, 0.3) is 11.5 Å². The van der Waals surface area contributed by atoms with Crippen molar-refractivity contribution in [1.29, 1.82) is 0 Å². The number of aromatic nitrogens is 4. The van der Waals surface area contributed by atoms with Gasteiger partial charge in [-0.3, -0.25) is 9.48 Å². The SMILES string of the molecule is Cn1ccc(-c2nc(C3CC3)c(Br)c(=O)[nH]2)n1. The number of aryl methyl sites for hydroxylation is 1. The fourth-order valence-electron chi connectivity index (χ4n) is 1.77. The fourth-order valence-corrected chi connectivity index (χ4v) is 2.28. The molecule has 0 aliphatic heterocycles. The molecule has 1 N–H and O–H groups in total. The Labute approximate surface area is 106 Å². The van der Waals surface area contributed by atoms with Crippen LogP contribution < -0.4 is 5.56 Å². The molecule has 0 atom stereocenters. The van der Waals surface area contributed by atoms with E-state index in [1.54, 1.807) is 4.68 Å². The van der Waals surface area contributed by atoms with Crippen LogP contribution in [0, 0.1) is 0 Å². The lowest BCUT2D eigenvalue weighted by atomic mass is 10.2. The van der Waals surface area contributed by atoms with Crippen molar-refractivity contribution in [2.24, 2.45) is 7.05 Å². The minimum Gasteiger partial charge on any atom is -0.304 e. The maximum Gasteiger partial charge on any atom is 0.265 e. The van der Waals surface area contributed by atoms with E-state index >= 15 is 0 Å². The molecule has 2 aromatic rings. The molecule has 3 rings (SSSR count). The molecule has 2 heterocycles. The van der Waals surface area contributed by atoms with Gasteiger partial charge in [0.05, 0.1) is 5.69 Å². The van der Waals surface area contributed by atoms with Crippen molar-refractivity contribution in [1.82, 2.24) is 19.7 Å². The van der Waals surface area contributed by atoms with Gasteiger partial charge in [-0.25, -0.2) is 4.98 Å². The number of hydrogen-bond acceptors (Lipinski definition) is 3. The number of rotatable bonds is 2. The van der Waals surface area contributed by atoms with Crippen LogP contribution in [0.4, 0.5) is 0 Å². The molecule has 6 heteroatoms. The minimum absolute atomic E-state index is 0.137. The highest BCUT2D eigenvalue weighted by molar-refractivity contribution is 9.10. The molecule has 2 aromatic heterocycles. The van der Waals surface area contributed by atoms with Gasteiger partial charge in [0.15, 0.2) is 5.82 Å². The molecule has 5 nitrogen and oxygen atoms in total. The van der Waals surface area contributed by atoms with Gasteiger partial charge in [0, 0.05) is 19.2 Å². The molecule has 1 saturated carbocycles. The molecule has 0 bridgehead atoms. The second kappa shape index (κ2) is 3.80. The van der Waals surface area contributed by atoms with E-state index < -0.39 is 0 Å². The summed E-state index contributed by atoms with van der Waals surface area (Å²) in [5.74, 6) is 0.967. The van der Waals surface area contributed by atoms with Crippen LogP contribution in [0.2, 0.25) is 0 Å². The lowest BCUT2D eigenvalue weighted by molar-refractivity contribution is 0.767. The van der Waals surface area contributed by atoms with E-state index in [2.05, 4.69) is 31.0 Å². The monoisotopic (exact) mass is 294 g/mol. The third-order valence-electron chi connectivity index (χ3n) is 2.81. The van der Waals surface area contributed by atoms with Crippen molar-refractivity contribution in [3.8, 4) is 11.5 Å². The summed E-state index contributed by atoms with van der Waals surface area (Å²) >= 11 is 3.30. The van der Waals surface area contributed by atoms with Crippen molar-refractivity contribution < 1.29 is 0 Å². The summed E-state index contributed by atoms with van der Waals surface area (Å²) in [5.41, 5.74) is 1.41. The first-order chi connectivity index (χ1) is 8.15. The van der Waals surface area contributed by atoms with E-state index in [1.807, 2.05) is 19.3 Å². The maximum atomic E-state index is 11.8. The lowest BCUT2D eigenvalue weighted by Gasteiger charge is -2.03. The van der Waals surface area contributed by atoms with Crippen molar-refractivity contribution in [2.75, 3.05) is 0 Å². The summed E-state index contributed by atoms with van der Waals surface area (Å²) in [6, 6.07) is 1.84. The molecular weight excluding hydrogens is 284 g/mol. The van der Waals surface area contributed by atoms with Crippen LogP contribution in [0.15, 0.2) is 21.5 Å². The summed E-state index contributed by atoms with van der Waals surface area (Å²) in [7, 11) is 1.84. The normalized spacial score (nSPS) is 15.2. The van der Waals surface area contributed by atoms with Gasteiger partial charge in [0.2, 0.25) is 0 Å². The molecule has 1 aliphatic carbocycles. The van der Waals surface area contributed by atoms with Crippen LogP contribution in [-0.2, 0) is 7.05 Å². The third kappa shape index (κ3) is 1.93. The Kier molecular flexibility index (Phi) is 2.39. The van der Waals surface area contributed by atoms with E-state index in [4.69, 9.17) is 0 Å². The first-order valence-electron chi connectivity index (χ1n) is 5.45. The van der Waals surface area contributed by atoms with Crippen LogP contribution >= 0.6 is 15.9 Å². The molecule has 0 aromatic carbocycles. The van der Waals surface area contributed by atoms with Gasteiger partial charge in [0.1, 0.15) is 10.2 Å². The number of nitrogens with one attached hydrogen (secondary N) is 1. The Bertz CT molecular complexity index is 627. The summed E-state index contributed by atoms with van der Waals surface area (Å²) in [4.78, 5) is 19.0. The minimum atomic E-state index is -0.137. The zero-order chi connectivity index (χ0) is 12.0. The van der Waals surface area contributed by atoms with Crippen LogP contribution in [0.3, 0.4) is 0 Å². The van der Waals surface area contributed by atoms with Gasteiger partial charge in [-0.15, -0.1) is 0 Å². The standard InChI is InChI=1S/C11H11BrN4O/c1-16-5-4-7(15-16)10-13-9(6-2-3-6)8(12)11(17)14-10/h4-6H,2-3H2,1H3,(H,13,14,17). The topological polar surface area (TPSA) is 63.6 Å². The summed E-state index contributed by atoms with van der Waals surface area (Å²) in [6.45, 7) is 0. The highest BCUT2D eigenvalue weighted by Gasteiger charge is 2.29. The number of nitrogens with zero attached hydrogens (tertiary/aromatic N) is 3. The highest BCUT2D eigenvalue weighted by atomic mass is 79.9. The van der Waals surface area contributed by atoms with Crippen LogP contribution in [0.5, 0.6) is 0 Å². The number of H-pyrrole nitrogens is 1. The van der Waals surface area contributed by atoms with Gasteiger partial charge < -0.3 is 4.98 Å². The van der Waals surface area contributed by atoms with E-state index in [0.717, 1.165) is 18.5 Å². The maximum absolute atomic E-state index is 11.8. The molecule has 1 fully saturated rings. The average Bonchev–Trinajstić information content (AvgIpc) is 3.05.